The lowest BCUT2D eigenvalue weighted by atomic mass is 10.1. The second-order valence-electron chi connectivity index (χ2n) is 4.78. The van der Waals surface area contributed by atoms with Gasteiger partial charge in [0.2, 0.25) is 0 Å². The third-order valence-electron chi connectivity index (χ3n) is 3.43. The summed E-state index contributed by atoms with van der Waals surface area (Å²) < 4.78 is 25.8. The lowest BCUT2D eigenvalue weighted by Gasteiger charge is -2.13. The van der Waals surface area contributed by atoms with Gasteiger partial charge < -0.3 is 5.32 Å². The third-order valence-corrected chi connectivity index (χ3v) is 3.43. The second-order valence-corrected chi connectivity index (χ2v) is 4.78. The van der Waals surface area contributed by atoms with E-state index in [1.54, 1.807) is 12.4 Å². The number of rotatable bonds is 4. The Morgan fingerprint density at radius 3 is 3.05 bits per heavy atom. The van der Waals surface area contributed by atoms with E-state index < -0.39 is 6.43 Å². The minimum Gasteiger partial charge on any atom is -0.376 e. The van der Waals surface area contributed by atoms with E-state index in [0.29, 0.717) is 0 Å². The summed E-state index contributed by atoms with van der Waals surface area (Å²) in [6.45, 7) is -0.358. The Kier molecular flexibility index (Phi) is 3.19. The Morgan fingerprint density at radius 2 is 2.21 bits per heavy atom. The molecule has 5 heteroatoms. The summed E-state index contributed by atoms with van der Waals surface area (Å²) in [6, 6.07) is 8.57. The Hall–Kier alpha value is -1.91. The van der Waals surface area contributed by atoms with E-state index in [2.05, 4.69) is 22.5 Å². The normalized spacial score (nSPS) is 17.7. The van der Waals surface area contributed by atoms with Crippen LogP contribution in [0.25, 0.3) is 0 Å². The van der Waals surface area contributed by atoms with E-state index in [1.807, 2.05) is 12.1 Å². The van der Waals surface area contributed by atoms with Gasteiger partial charge in [-0.3, -0.25) is 4.68 Å². The molecule has 1 heterocycles. The van der Waals surface area contributed by atoms with Crippen LogP contribution in [0.15, 0.2) is 36.7 Å². The number of nitrogens with one attached hydrogen (secondary N) is 1. The fourth-order valence-corrected chi connectivity index (χ4v) is 2.59. The number of fused-ring (bicyclic) bond motifs is 1. The van der Waals surface area contributed by atoms with Crippen molar-refractivity contribution >= 4 is 5.69 Å². The highest BCUT2D eigenvalue weighted by Gasteiger charge is 2.21. The summed E-state index contributed by atoms with van der Waals surface area (Å²) in [6.07, 6.45) is 2.94. The molecule has 0 fully saturated rings. The van der Waals surface area contributed by atoms with Crippen molar-refractivity contribution < 1.29 is 8.78 Å². The van der Waals surface area contributed by atoms with Crippen molar-refractivity contribution in [3.63, 3.8) is 0 Å². The van der Waals surface area contributed by atoms with Crippen molar-refractivity contribution in [3.05, 3.63) is 47.8 Å². The molecule has 0 saturated carbocycles. The van der Waals surface area contributed by atoms with Crippen molar-refractivity contribution in [3.8, 4) is 0 Å². The zero-order chi connectivity index (χ0) is 13.2. The van der Waals surface area contributed by atoms with Gasteiger partial charge in [-0.05, 0) is 24.0 Å². The lowest BCUT2D eigenvalue weighted by molar-refractivity contribution is 0.122. The standard InChI is InChI=1S/C14H15F2N3/c15-14(16)9-19-8-11(7-17-19)18-13-6-5-10-3-1-2-4-12(10)13/h1-4,7-8,13-14,18H,5-6,9H2. The van der Waals surface area contributed by atoms with Gasteiger partial charge in [0, 0.05) is 6.20 Å². The molecule has 19 heavy (non-hydrogen) atoms. The van der Waals surface area contributed by atoms with Gasteiger partial charge in [0.1, 0.15) is 6.54 Å². The molecule has 1 aliphatic carbocycles. The first-order chi connectivity index (χ1) is 9.22. The molecule has 3 nitrogen and oxygen atoms in total. The van der Waals surface area contributed by atoms with Gasteiger partial charge in [-0.25, -0.2) is 8.78 Å². The molecule has 3 rings (SSSR count). The van der Waals surface area contributed by atoms with E-state index >= 15 is 0 Å². The van der Waals surface area contributed by atoms with Gasteiger partial charge >= 0.3 is 0 Å². The molecule has 0 aliphatic heterocycles. The van der Waals surface area contributed by atoms with E-state index in [9.17, 15) is 8.78 Å². The van der Waals surface area contributed by atoms with Crippen LogP contribution in [0.5, 0.6) is 0 Å². The summed E-state index contributed by atoms with van der Waals surface area (Å²) in [5.41, 5.74) is 3.45. The van der Waals surface area contributed by atoms with Crippen LogP contribution in [-0.4, -0.2) is 16.2 Å². The fourth-order valence-electron chi connectivity index (χ4n) is 2.59. The average molecular weight is 263 g/mol. The quantitative estimate of drug-likeness (QED) is 0.917. The topological polar surface area (TPSA) is 29.9 Å². The molecule has 1 unspecified atom stereocenters. The molecule has 0 bridgehead atoms. The molecular formula is C14H15F2N3. The van der Waals surface area contributed by atoms with E-state index in [0.717, 1.165) is 18.5 Å². The SMILES string of the molecule is FC(F)Cn1cc(NC2CCc3ccccc32)cn1. The summed E-state index contributed by atoms with van der Waals surface area (Å²) in [7, 11) is 0. The molecule has 0 spiro atoms. The predicted octanol–water partition coefficient (Wildman–Crippen LogP) is 3.25. The first kappa shape index (κ1) is 12.1. The number of anilines is 1. The third kappa shape index (κ3) is 2.59. The van der Waals surface area contributed by atoms with Gasteiger partial charge in [-0.15, -0.1) is 0 Å². The Morgan fingerprint density at radius 1 is 1.37 bits per heavy atom. The molecule has 0 radical (unpaired) electrons. The molecule has 1 aromatic carbocycles. The minimum atomic E-state index is -2.38. The van der Waals surface area contributed by atoms with Crippen LogP contribution >= 0.6 is 0 Å². The van der Waals surface area contributed by atoms with Crippen LogP contribution in [0, 0.1) is 0 Å². The molecule has 1 aromatic heterocycles. The lowest BCUT2D eigenvalue weighted by Crippen LogP contribution is -2.08. The molecule has 2 aromatic rings. The Balaban J connectivity index is 1.71. The molecule has 1 N–H and O–H groups in total. The smallest absolute Gasteiger partial charge is 0.257 e. The summed E-state index contributed by atoms with van der Waals surface area (Å²) in [5, 5.41) is 7.29. The first-order valence-electron chi connectivity index (χ1n) is 6.37. The van der Waals surface area contributed by atoms with Crippen LogP contribution in [0.1, 0.15) is 23.6 Å². The zero-order valence-corrected chi connectivity index (χ0v) is 10.4. The van der Waals surface area contributed by atoms with Gasteiger partial charge in [0.25, 0.3) is 6.43 Å². The van der Waals surface area contributed by atoms with Crippen LogP contribution in [0.4, 0.5) is 14.5 Å². The fraction of sp³-hybridized carbons (Fsp3) is 0.357. The number of halogens is 2. The van der Waals surface area contributed by atoms with Crippen molar-refractivity contribution in [1.82, 2.24) is 9.78 Å². The van der Waals surface area contributed by atoms with Crippen LogP contribution in [-0.2, 0) is 13.0 Å². The number of aromatic nitrogens is 2. The number of hydrogen-bond acceptors (Lipinski definition) is 2. The van der Waals surface area contributed by atoms with E-state index in [-0.39, 0.29) is 12.6 Å². The summed E-state index contributed by atoms with van der Waals surface area (Å²) in [5.74, 6) is 0. The average Bonchev–Trinajstić information content (AvgIpc) is 2.97. The molecule has 0 amide bonds. The number of hydrogen-bond donors (Lipinski definition) is 1. The van der Waals surface area contributed by atoms with Crippen LogP contribution in [0.3, 0.4) is 0 Å². The zero-order valence-electron chi connectivity index (χ0n) is 10.4. The molecule has 0 saturated heterocycles. The van der Waals surface area contributed by atoms with Gasteiger partial charge in [-0.1, -0.05) is 24.3 Å². The predicted molar refractivity (Wildman–Crippen MR) is 69.4 cm³/mol. The van der Waals surface area contributed by atoms with Gasteiger partial charge in [0.15, 0.2) is 0 Å². The van der Waals surface area contributed by atoms with E-state index in [4.69, 9.17) is 0 Å². The minimum absolute atomic E-state index is 0.250. The molecular weight excluding hydrogens is 248 g/mol. The van der Waals surface area contributed by atoms with Crippen LogP contribution in [0.2, 0.25) is 0 Å². The Labute approximate surface area is 110 Å². The van der Waals surface area contributed by atoms with Crippen LogP contribution < -0.4 is 5.32 Å². The number of aryl methyl sites for hydroxylation is 1. The number of benzene rings is 1. The van der Waals surface area contributed by atoms with Crippen molar-refractivity contribution in [2.45, 2.75) is 31.9 Å². The summed E-state index contributed by atoms with van der Waals surface area (Å²) >= 11 is 0. The number of nitrogens with zero attached hydrogens (tertiary/aromatic N) is 2. The maximum Gasteiger partial charge on any atom is 0.257 e. The van der Waals surface area contributed by atoms with Gasteiger partial charge in [-0.2, -0.15) is 5.10 Å². The van der Waals surface area contributed by atoms with Crippen molar-refractivity contribution in [1.29, 1.82) is 0 Å². The Bertz CT molecular complexity index is 565. The van der Waals surface area contributed by atoms with Gasteiger partial charge in [0.05, 0.1) is 17.9 Å². The highest BCUT2D eigenvalue weighted by molar-refractivity contribution is 5.45. The number of alkyl halides is 2. The highest BCUT2D eigenvalue weighted by atomic mass is 19.3. The maximum atomic E-state index is 12.3. The van der Waals surface area contributed by atoms with Crippen molar-refractivity contribution in [2.24, 2.45) is 0 Å². The molecule has 100 valence electrons. The maximum absolute atomic E-state index is 12.3. The summed E-state index contributed by atoms with van der Waals surface area (Å²) in [4.78, 5) is 0. The first-order valence-corrected chi connectivity index (χ1v) is 6.37. The molecule has 1 atom stereocenters. The second kappa shape index (κ2) is 4.99. The molecule has 1 aliphatic rings. The highest BCUT2D eigenvalue weighted by Crippen LogP contribution is 2.33. The monoisotopic (exact) mass is 263 g/mol. The van der Waals surface area contributed by atoms with Crippen molar-refractivity contribution in [2.75, 3.05) is 5.32 Å². The van der Waals surface area contributed by atoms with E-state index in [1.165, 1.54) is 15.8 Å². The largest absolute Gasteiger partial charge is 0.376 e.